The summed E-state index contributed by atoms with van der Waals surface area (Å²) < 4.78 is 19.4. The molecule has 0 unspecified atom stereocenters. The lowest BCUT2D eigenvalue weighted by molar-refractivity contribution is -0.121. The Morgan fingerprint density at radius 2 is 1.92 bits per heavy atom. The van der Waals surface area contributed by atoms with Crippen LogP contribution in [-0.2, 0) is 11.3 Å². The Bertz CT molecular complexity index is 934. The number of nitrogens with one attached hydrogen (secondary N) is 1. The van der Waals surface area contributed by atoms with Gasteiger partial charge in [-0.05, 0) is 48.6 Å². The first-order valence-electron chi connectivity index (χ1n) is 8.37. The molecule has 0 aliphatic rings. The molecule has 0 aliphatic heterocycles. The van der Waals surface area contributed by atoms with Crippen molar-refractivity contribution in [1.82, 2.24) is 9.88 Å². The van der Waals surface area contributed by atoms with E-state index in [4.69, 9.17) is 4.42 Å². The minimum Gasteiger partial charge on any atom is -0.408 e. The molecule has 0 atom stereocenters. The Morgan fingerprint density at radius 3 is 2.73 bits per heavy atom. The number of halogens is 1. The third-order valence-corrected chi connectivity index (χ3v) is 4.96. The molecular formula is C19H19FN2O3S. The van der Waals surface area contributed by atoms with Gasteiger partial charge in [0, 0.05) is 24.4 Å². The van der Waals surface area contributed by atoms with E-state index in [0.29, 0.717) is 17.6 Å². The number of aryl methyl sites for hydroxylation is 1. The predicted octanol–water partition coefficient (Wildman–Crippen LogP) is 3.42. The number of hydrogen-bond acceptors (Lipinski definition) is 4. The number of rotatable bonds is 8. The van der Waals surface area contributed by atoms with Crippen molar-refractivity contribution in [2.24, 2.45) is 0 Å². The fraction of sp³-hybridized carbons (Fsp3) is 0.263. The van der Waals surface area contributed by atoms with E-state index in [9.17, 15) is 14.0 Å². The number of fused-ring (bicyclic) bond motifs is 1. The summed E-state index contributed by atoms with van der Waals surface area (Å²) in [5.41, 5.74) is 1.22. The summed E-state index contributed by atoms with van der Waals surface area (Å²) in [6, 6.07) is 13.5. The zero-order chi connectivity index (χ0) is 18.4. The molecule has 0 radical (unpaired) electrons. The molecule has 1 amide bonds. The van der Waals surface area contributed by atoms with E-state index in [-0.39, 0.29) is 24.7 Å². The van der Waals surface area contributed by atoms with Gasteiger partial charge in [-0.3, -0.25) is 9.36 Å². The number of oxazole rings is 1. The van der Waals surface area contributed by atoms with E-state index in [1.165, 1.54) is 16.7 Å². The summed E-state index contributed by atoms with van der Waals surface area (Å²) in [5, 5.41) is 2.85. The highest BCUT2D eigenvalue weighted by Gasteiger charge is 2.10. The Labute approximate surface area is 154 Å². The molecule has 2 aromatic carbocycles. The second kappa shape index (κ2) is 8.71. The van der Waals surface area contributed by atoms with Gasteiger partial charge in [0.05, 0.1) is 5.52 Å². The maximum absolute atomic E-state index is 12.8. The van der Waals surface area contributed by atoms with Crippen LogP contribution in [0.25, 0.3) is 11.1 Å². The molecule has 0 saturated heterocycles. The van der Waals surface area contributed by atoms with Crippen LogP contribution in [-0.4, -0.2) is 22.8 Å². The van der Waals surface area contributed by atoms with Gasteiger partial charge in [0.25, 0.3) is 0 Å². The van der Waals surface area contributed by atoms with Gasteiger partial charge < -0.3 is 9.73 Å². The Hall–Kier alpha value is -2.54. The van der Waals surface area contributed by atoms with E-state index in [1.807, 2.05) is 6.07 Å². The van der Waals surface area contributed by atoms with Crippen LogP contribution >= 0.6 is 11.8 Å². The second-order valence-electron chi connectivity index (χ2n) is 5.74. The first kappa shape index (κ1) is 18.3. The van der Waals surface area contributed by atoms with E-state index < -0.39 is 5.76 Å². The highest BCUT2D eigenvalue weighted by Crippen LogP contribution is 2.18. The van der Waals surface area contributed by atoms with Crippen LogP contribution in [0.2, 0.25) is 0 Å². The van der Waals surface area contributed by atoms with Crippen LogP contribution < -0.4 is 11.1 Å². The molecule has 0 aliphatic carbocycles. The summed E-state index contributed by atoms with van der Waals surface area (Å²) in [7, 11) is 0. The molecule has 0 saturated carbocycles. The quantitative estimate of drug-likeness (QED) is 0.485. The molecule has 1 heterocycles. The van der Waals surface area contributed by atoms with Crippen LogP contribution in [0.3, 0.4) is 0 Å². The van der Waals surface area contributed by atoms with E-state index in [0.717, 1.165) is 17.1 Å². The van der Waals surface area contributed by atoms with Crippen molar-refractivity contribution < 1.29 is 13.6 Å². The monoisotopic (exact) mass is 374 g/mol. The summed E-state index contributed by atoms with van der Waals surface area (Å²) in [5.74, 6) is 0.0346. The molecule has 7 heteroatoms. The van der Waals surface area contributed by atoms with E-state index in [1.54, 1.807) is 42.1 Å². The third-order valence-electron chi connectivity index (χ3n) is 3.86. The van der Waals surface area contributed by atoms with Gasteiger partial charge in [-0.15, -0.1) is 11.8 Å². The summed E-state index contributed by atoms with van der Waals surface area (Å²) in [6.45, 7) is 0.847. The molecule has 136 valence electrons. The molecule has 3 rings (SSSR count). The lowest BCUT2D eigenvalue weighted by Gasteiger charge is -2.06. The Morgan fingerprint density at radius 1 is 1.15 bits per heavy atom. The van der Waals surface area contributed by atoms with Crippen molar-refractivity contribution in [2.45, 2.75) is 24.3 Å². The molecular weight excluding hydrogens is 355 g/mol. The smallest absolute Gasteiger partial charge is 0.408 e. The number of benzene rings is 2. The van der Waals surface area contributed by atoms with Gasteiger partial charge in [-0.2, -0.15) is 0 Å². The van der Waals surface area contributed by atoms with Crippen LogP contribution in [0.5, 0.6) is 0 Å². The molecule has 1 aromatic heterocycles. The van der Waals surface area contributed by atoms with Crippen LogP contribution in [0.1, 0.15) is 12.8 Å². The maximum Gasteiger partial charge on any atom is 0.419 e. The number of nitrogens with zero attached hydrogens (tertiary/aromatic N) is 1. The Kier molecular flexibility index (Phi) is 6.12. The van der Waals surface area contributed by atoms with Crippen molar-refractivity contribution in [2.75, 3.05) is 12.3 Å². The van der Waals surface area contributed by atoms with Gasteiger partial charge in [0.15, 0.2) is 5.58 Å². The van der Waals surface area contributed by atoms with Gasteiger partial charge in [0.1, 0.15) is 5.82 Å². The number of carbonyl (C=O) groups excluding carboxylic acids is 1. The lowest BCUT2D eigenvalue weighted by atomic mass is 10.3. The molecule has 0 spiro atoms. The van der Waals surface area contributed by atoms with E-state index >= 15 is 0 Å². The molecule has 26 heavy (non-hydrogen) atoms. The fourth-order valence-corrected chi connectivity index (χ4v) is 3.40. The van der Waals surface area contributed by atoms with Crippen molar-refractivity contribution in [3.63, 3.8) is 0 Å². The zero-order valence-electron chi connectivity index (χ0n) is 14.1. The number of hydrogen-bond donors (Lipinski definition) is 1. The fourth-order valence-electron chi connectivity index (χ4n) is 2.55. The largest absolute Gasteiger partial charge is 0.419 e. The Balaban J connectivity index is 1.38. The summed E-state index contributed by atoms with van der Waals surface area (Å²) in [6.07, 6.45) is 1.02. The highest BCUT2D eigenvalue weighted by molar-refractivity contribution is 7.99. The van der Waals surface area contributed by atoms with Crippen molar-refractivity contribution in [1.29, 1.82) is 0 Å². The minimum atomic E-state index is -0.449. The number of carbonyl (C=O) groups is 1. The number of aromatic nitrogens is 1. The summed E-state index contributed by atoms with van der Waals surface area (Å²) in [4.78, 5) is 24.8. The maximum atomic E-state index is 12.8. The van der Waals surface area contributed by atoms with Crippen LogP contribution in [0.15, 0.2) is 62.6 Å². The highest BCUT2D eigenvalue weighted by atomic mass is 32.2. The SMILES string of the molecule is O=C(CCn1c(=O)oc2ccccc21)NCCCSc1ccc(F)cc1. The first-order chi connectivity index (χ1) is 12.6. The van der Waals surface area contributed by atoms with Crippen LogP contribution in [0.4, 0.5) is 4.39 Å². The van der Waals surface area contributed by atoms with Gasteiger partial charge in [0.2, 0.25) is 5.91 Å². The lowest BCUT2D eigenvalue weighted by Crippen LogP contribution is -2.27. The molecule has 1 N–H and O–H groups in total. The van der Waals surface area contributed by atoms with Crippen LogP contribution in [0, 0.1) is 5.82 Å². The standard InChI is InChI=1S/C19H19FN2O3S/c20-14-6-8-15(9-7-14)26-13-3-11-21-18(23)10-12-22-16-4-1-2-5-17(16)25-19(22)24/h1-2,4-9H,3,10-13H2,(H,21,23). The second-order valence-corrected chi connectivity index (χ2v) is 6.91. The summed E-state index contributed by atoms with van der Waals surface area (Å²) >= 11 is 1.62. The minimum absolute atomic E-state index is 0.103. The number of thioether (sulfide) groups is 1. The van der Waals surface area contributed by atoms with Crippen molar-refractivity contribution in [3.05, 3.63) is 64.9 Å². The number of para-hydroxylation sites is 2. The zero-order valence-corrected chi connectivity index (χ0v) is 14.9. The number of amides is 1. The average molecular weight is 374 g/mol. The van der Waals surface area contributed by atoms with Crippen molar-refractivity contribution in [3.8, 4) is 0 Å². The predicted molar refractivity (Wildman–Crippen MR) is 99.8 cm³/mol. The van der Waals surface area contributed by atoms with E-state index in [2.05, 4.69) is 5.32 Å². The van der Waals surface area contributed by atoms with Gasteiger partial charge in [-0.1, -0.05) is 12.1 Å². The average Bonchev–Trinajstić information content (AvgIpc) is 2.96. The first-order valence-corrected chi connectivity index (χ1v) is 9.35. The molecule has 0 fully saturated rings. The van der Waals surface area contributed by atoms with Gasteiger partial charge >= 0.3 is 5.76 Å². The molecule has 3 aromatic rings. The topological polar surface area (TPSA) is 64.2 Å². The molecule has 5 nitrogen and oxygen atoms in total. The normalized spacial score (nSPS) is 11.0. The molecule has 0 bridgehead atoms. The van der Waals surface area contributed by atoms with Gasteiger partial charge in [-0.25, -0.2) is 9.18 Å². The third kappa shape index (κ3) is 4.76. The van der Waals surface area contributed by atoms with Crippen molar-refractivity contribution >= 4 is 28.8 Å².